The van der Waals surface area contributed by atoms with Crippen molar-refractivity contribution in [2.24, 2.45) is 5.73 Å². The van der Waals surface area contributed by atoms with Crippen LogP contribution in [0.3, 0.4) is 0 Å². The lowest BCUT2D eigenvalue weighted by atomic mass is 10.0. The summed E-state index contributed by atoms with van der Waals surface area (Å²) in [6.45, 7) is 8.77. The van der Waals surface area contributed by atoms with Crippen molar-refractivity contribution >= 4 is 11.6 Å². The molecule has 0 aromatic heterocycles. The van der Waals surface area contributed by atoms with Crippen molar-refractivity contribution in [1.29, 1.82) is 0 Å². The second kappa shape index (κ2) is 7.54. The van der Waals surface area contributed by atoms with Crippen LogP contribution >= 0.6 is 11.6 Å². The molecule has 0 radical (unpaired) electrons. The Morgan fingerprint density at radius 3 is 2.38 bits per heavy atom. The van der Waals surface area contributed by atoms with E-state index in [1.165, 1.54) is 6.07 Å². The van der Waals surface area contributed by atoms with Crippen LogP contribution in [0.5, 0.6) is 0 Å². The van der Waals surface area contributed by atoms with Gasteiger partial charge in [-0.05, 0) is 25.5 Å². The molecule has 0 saturated carbocycles. The second-order valence-electron chi connectivity index (χ2n) is 5.75. The summed E-state index contributed by atoms with van der Waals surface area (Å²) in [6.07, 6.45) is 1.16. The number of benzene rings is 1. The predicted molar refractivity (Wildman–Crippen MR) is 86.1 cm³/mol. The van der Waals surface area contributed by atoms with Gasteiger partial charge in [0, 0.05) is 49.4 Å². The Morgan fingerprint density at radius 2 is 1.86 bits per heavy atom. The summed E-state index contributed by atoms with van der Waals surface area (Å²) in [5, 5.41) is 0.425. The maximum absolute atomic E-state index is 14.1. The average molecular weight is 314 g/mol. The first kappa shape index (κ1) is 16.7. The predicted octanol–water partition coefficient (Wildman–Crippen LogP) is 2.90. The van der Waals surface area contributed by atoms with E-state index in [-0.39, 0.29) is 11.9 Å². The van der Waals surface area contributed by atoms with Gasteiger partial charge in [-0.1, -0.05) is 24.6 Å². The Balaban J connectivity index is 2.06. The highest BCUT2D eigenvalue weighted by Gasteiger charge is 2.27. The number of rotatable bonds is 5. The van der Waals surface area contributed by atoms with Gasteiger partial charge in [0.25, 0.3) is 0 Å². The molecule has 3 nitrogen and oxygen atoms in total. The Kier molecular flexibility index (Phi) is 5.99. The molecule has 0 aliphatic carbocycles. The molecule has 1 fully saturated rings. The number of nitrogens with two attached hydrogens (primary N) is 1. The molecule has 5 heteroatoms. The molecule has 21 heavy (non-hydrogen) atoms. The summed E-state index contributed by atoms with van der Waals surface area (Å²) in [5.41, 5.74) is 6.56. The average Bonchev–Trinajstić information content (AvgIpc) is 2.50. The van der Waals surface area contributed by atoms with Crippen molar-refractivity contribution in [2.45, 2.75) is 32.4 Å². The normalized spacial score (nSPS) is 20.4. The minimum absolute atomic E-state index is 0.0682. The topological polar surface area (TPSA) is 32.5 Å². The van der Waals surface area contributed by atoms with E-state index in [1.807, 2.05) is 0 Å². The zero-order valence-electron chi connectivity index (χ0n) is 12.9. The van der Waals surface area contributed by atoms with E-state index in [0.29, 0.717) is 23.2 Å². The molecule has 0 spiro atoms. The molecule has 2 N–H and O–H groups in total. The van der Waals surface area contributed by atoms with Gasteiger partial charge in [0.2, 0.25) is 0 Å². The van der Waals surface area contributed by atoms with Crippen LogP contribution in [-0.2, 0) is 0 Å². The highest BCUT2D eigenvalue weighted by Crippen LogP contribution is 2.26. The first-order valence-electron chi connectivity index (χ1n) is 7.70. The van der Waals surface area contributed by atoms with E-state index in [9.17, 15) is 4.39 Å². The van der Waals surface area contributed by atoms with Crippen LogP contribution in [0, 0.1) is 5.82 Å². The van der Waals surface area contributed by atoms with Crippen molar-refractivity contribution in [3.05, 3.63) is 34.6 Å². The minimum atomic E-state index is -0.262. The maximum Gasteiger partial charge on any atom is 0.129 e. The molecule has 1 aliphatic heterocycles. The third-order valence-electron chi connectivity index (χ3n) is 4.55. The molecule has 118 valence electrons. The summed E-state index contributed by atoms with van der Waals surface area (Å²) < 4.78 is 14.1. The van der Waals surface area contributed by atoms with E-state index in [2.05, 4.69) is 23.6 Å². The van der Waals surface area contributed by atoms with Crippen LogP contribution in [0.15, 0.2) is 18.2 Å². The minimum Gasteiger partial charge on any atom is -0.329 e. The van der Waals surface area contributed by atoms with Gasteiger partial charge in [-0.25, -0.2) is 4.39 Å². The SMILES string of the molecule is CCC(C)N1CCN(C(CN)c2ccc(Cl)cc2F)CC1. The lowest BCUT2D eigenvalue weighted by Gasteiger charge is -2.41. The molecule has 2 rings (SSSR count). The summed E-state index contributed by atoms with van der Waals surface area (Å²) in [5.74, 6) is -0.262. The fourth-order valence-corrected chi connectivity index (χ4v) is 3.15. The van der Waals surface area contributed by atoms with Crippen LogP contribution in [0.2, 0.25) is 5.02 Å². The van der Waals surface area contributed by atoms with Crippen molar-refractivity contribution < 1.29 is 4.39 Å². The Labute approximate surface area is 131 Å². The van der Waals surface area contributed by atoms with Crippen molar-refractivity contribution in [1.82, 2.24) is 9.80 Å². The molecule has 1 heterocycles. The van der Waals surface area contributed by atoms with Gasteiger partial charge in [-0.15, -0.1) is 0 Å². The lowest BCUT2D eigenvalue weighted by Crippen LogP contribution is -2.51. The van der Waals surface area contributed by atoms with Gasteiger partial charge in [-0.3, -0.25) is 9.80 Å². The molecular weight excluding hydrogens is 289 g/mol. The number of piperazine rings is 1. The quantitative estimate of drug-likeness (QED) is 0.907. The smallest absolute Gasteiger partial charge is 0.129 e. The molecule has 0 bridgehead atoms. The molecule has 0 amide bonds. The second-order valence-corrected chi connectivity index (χ2v) is 6.18. The monoisotopic (exact) mass is 313 g/mol. The zero-order chi connectivity index (χ0) is 15.4. The largest absolute Gasteiger partial charge is 0.329 e. The Hall–Kier alpha value is -0.680. The molecule has 2 unspecified atom stereocenters. The van der Waals surface area contributed by atoms with Gasteiger partial charge in [0.15, 0.2) is 0 Å². The first-order valence-corrected chi connectivity index (χ1v) is 8.07. The molecule has 1 saturated heterocycles. The van der Waals surface area contributed by atoms with Crippen molar-refractivity contribution in [3.8, 4) is 0 Å². The van der Waals surface area contributed by atoms with Crippen LogP contribution in [0.4, 0.5) is 4.39 Å². The van der Waals surface area contributed by atoms with E-state index in [4.69, 9.17) is 17.3 Å². The fourth-order valence-electron chi connectivity index (χ4n) is 2.99. The molecular formula is C16H25ClFN3. The summed E-state index contributed by atoms with van der Waals surface area (Å²) in [6, 6.07) is 5.40. The highest BCUT2D eigenvalue weighted by atomic mass is 35.5. The van der Waals surface area contributed by atoms with Gasteiger partial charge in [0.05, 0.1) is 6.04 Å². The summed E-state index contributed by atoms with van der Waals surface area (Å²) in [4.78, 5) is 4.77. The number of hydrogen-bond donors (Lipinski definition) is 1. The highest BCUT2D eigenvalue weighted by molar-refractivity contribution is 6.30. The van der Waals surface area contributed by atoms with E-state index >= 15 is 0 Å². The maximum atomic E-state index is 14.1. The molecule has 2 atom stereocenters. The fraction of sp³-hybridized carbons (Fsp3) is 0.625. The number of nitrogens with zero attached hydrogens (tertiary/aromatic N) is 2. The molecule has 1 aromatic carbocycles. The van der Waals surface area contributed by atoms with Crippen LogP contribution in [0.1, 0.15) is 31.9 Å². The van der Waals surface area contributed by atoms with E-state index in [1.54, 1.807) is 12.1 Å². The third kappa shape index (κ3) is 3.95. The number of halogens is 2. The summed E-state index contributed by atoms with van der Waals surface area (Å²) >= 11 is 5.83. The van der Waals surface area contributed by atoms with Crippen LogP contribution < -0.4 is 5.73 Å². The van der Waals surface area contributed by atoms with Gasteiger partial charge in [0.1, 0.15) is 5.82 Å². The Morgan fingerprint density at radius 1 is 1.24 bits per heavy atom. The zero-order valence-corrected chi connectivity index (χ0v) is 13.6. The van der Waals surface area contributed by atoms with Crippen molar-refractivity contribution in [3.63, 3.8) is 0 Å². The van der Waals surface area contributed by atoms with Gasteiger partial charge < -0.3 is 5.73 Å². The van der Waals surface area contributed by atoms with Crippen LogP contribution in [-0.4, -0.2) is 48.6 Å². The van der Waals surface area contributed by atoms with E-state index < -0.39 is 0 Å². The lowest BCUT2D eigenvalue weighted by molar-refractivity contribution is 0.0733. The van der Waals surface area contributed by atoms with Gasteiger partial charge in [-0.2, -0.15) is 0 Å². The van der Waals surface area contributed by atoms with Gasteiger partial charge >= 0.3 is 0 Å². The standard InChI is InChI=1S/C16H25ClFN3/c1-3-12(2)20-6-8-21(9-7-20)16(11-19)14-5-4-13(17)10-15(14)18/h4-5,10,12,16H,3,6-9,11,19H2,1-2H3. The van der Waals surface area contributed by atoms with E-state index in [0.717, 1.165) is 32.6 Å². The number of hydrogen-bond acceptors (Lipinski definition) is 3. The van der Waals surface area contributed by atoms with Crippen LogP contribution in [0.25, 0.3) is 0 Å². The molecule has 1 aliphatic rings. The molecule has 1 aromatic rings. The summed E-state index contributed by atoms with van der Waals surface area (Å²) in [7, 11) is 0. The third-order valence-corrected chi connectivity index (χ3v) is 4.78. The first-order chi connectivity index (χ1) is 10.1. The van der Waals surface area contributed by atoms with Crippen molar-refractivity contribution in [2.75, 3.05) is 32.7 Å². The Bertz CT molecular complexity index is 461.